The fourth-order valence-electron chi connectivity index (χ4n) is 2.86. The number of hydrogen-bond donors (Lipinski definition) is 1. The van der Waals surface area contributed by atoms with E-state index in [9.17, 15) is 0 Å². The molecule has 1 saturated heterocycles. The van der Waals surface area contributed by atoms with E-state index in [2.05, 4.69) is 40.0 Å². The molecule has 0 amide bonds. The van der Waals surface area contributed by atoms with Crippen molar-refractivity contribution in [3.63, 3.8) is 0 Å². The standard InChI is InChI=1S/C15H22N4O/c1-3-13-8-16-15(20-13)10-19-6-4-5-12(9-19)14-7-11(2)17-18-14/h7-8,12H,3-6,9-10H2,1-2H3,(H,17,18)/t12-/m0/s1. The molecule has 1 atom stereocenters. The number of H-pyrrole nitrogens is 1. The molecule has 108 valence electrons. The minimum absolute atomic E-state index is 0.523. The van der Waals surface area contributed by atoms with E-state index in [0.29, 0.717) is 5.92 Å². The van der Waals surface area contributed by atoms with Gasteiger partial charge in [-0.3, -0.25) is 10.00 Å². The summed E-state index contributed by atoms with van der Waals surface area (Å²) in [6.45, 7) is 7.09. The predicted molar refractivity (Wildman–Crippen MR) is 76.5 cm³/mol. The van der Waals surface area contributed by atoms with Crippen LogP contribution in [0.5, 0.6) is 0 Å². The first-order valence-corrected chi connectivity index (χ1v) is 7.42. The summed E-state index contributed by atoms with van der Waals surface area (Å²) in [5.41, 5.74) is 2.33. The summed E-state index contributed by atoms with van der Waals surface area (Å²) in [4.78, 5) is 6.77. The fraction of sp³-hybridized carbons (Fsp3) is 0.600. The SMILES string of the molecule is CCc1cnc(CN2CCC[C@H](c3cc(C)[nH]n3)C2)o1. The van der Waals surface area contributed by atoms with Gasteiger partial charge in [0.15, 0.2) is 0 Å². The van der Waals surface area contributed by atoms with E-state index in [1.54, 1.807) is 0 Å². The number of aromatic nitrogens is 3. The zero-order valence-corrected chi connectivity index (χ0v) is 12.2. The molecule has 20 heavy (non-hydrogen) atoms. The van der Waals surface area contributed by atoms with Crippen molar-refractivity contribution in [2.45, 2.75) is 45.6 Å². The van der Waals surface area contributed by atoms with E-state index >= 15 is 0 Å². The van der Waals surface area contributed by atoms with E-state index < -0.39 is 0 Å². The van der Waals surface area contributed by atoms with Gasteiger partial charge < -0.3 is 4.42 Å². The minimum Gasteiger partial charge on any atom is -0.444 e. The minimum atomic E-state index is 0.523. The number of aromatic amines is 1. The molecule has 0 aromatic carbocycles. The lowest BCUT2D eigenvalue weighted by Gasteiger charge is -2.30. The van der Waals surface area contributed by atoms with Crippen molar-refractivity contribution in [1.29, 1.82) is 0 Å². The molecule has 5 nitrogen and oxygen atoms in total. The summed E-state index contributed by atoms with van der Waals surface area (Å²) in [5.74, 6) is 2.33. The maximum absolute atomic E-state index is 5.71. The molecule has 0 unspecified atom stereocenters. The van der Waals surface area contributed by atoms with Gasteiger partial charge in [-0.15, -0.1) is 0 Å². The molecule has 0 radical (unpaired) electrons. The number of nitrogens with one attached hydrogen (secondary N) is 1. The zero-order chi connectivity index (χ0) is 13.9. The van der Waals surface area contributed by atoms with Gasteiger partial charge in [-0.2, -0.15) is 5.10 Å². The fourth-order valence-corrected chi connectivity index (χ4v) is 2.86. The Bertz CT molecular complexity index is 560. The molecule has 1 fully saturated rings. The van der Waals surface area contributed by atoms with Crippen LogP contribution < -0.4 is 0 Å². The Kier molecular flexibility index (Phi) is 3.87. The molecular weight excluding hydrogens is 252 g/mol. The highest BCUT2D eigenvalue weighted by molar-refractivity contribution is 5.13. The van der Waals surface area contributed by atoms with Crippen molar-refractivity contribution in [3.8, 4) is 0 Å². The summed E-state index contributed by atoms with van der Waals surface area (Å²) < 4.78 is 5.71. The summed E-state index contributed by atoms with van der Waals surface area (Å²) in [6, 6.07) is 2.16. The third-order valence-electron chi connectivity index (χ3n) is 3.96. The number of hydrogen-bond acceptors (Lipinski definition) is 4. The van der Waals surface area contributed by atoms with E-state index in [1.807, 2.05) is 6.20 Å². The maximum atomic E-state index is 5.71. The second-order valence-corrected chi connectivity index (χ2v) is 5.62. The number of likely N-dealkylation sites (tertiary alicyclic amines) is 1. The third-order valence-corrected chi connectivity index (χ3v) is 3.96. The first kappa shape index (κ1) is 13.4. The van der Waals surface area contributed by atoms with Crippen molar-refractivity contribution in [1.82, 2.24) is 20.1 Å². The van der Waals surface area contributed by atoms with Gasteiger partial charge in [0, 0.05) is 24.6 Å². The highest BCUT2D eigenvalue weighted by Gasteiger charge is 2.24. The van der Waals surface area contributed by atoms with Crippen LogP contribution in [-0.4, -0.2) is 33.2 Å². The van der Waals surface area contributed by atoms with Gasteiger partial charge >= 0.3 is 0 Å². The van der Waals surface area contributed by atoms with E-state index in [0.717, 1.165) is 43.4 Å². The Morgan fingerprint density at radius 2 is 2.40 bits per heavy atom. The normalized spacial score (nSPS) is 20.4. The Labute approximate surface area is 119 Å². The number of rotatable bonds is 4. The monoisotopic (exact) mass is 274 g/mol. The summed E-state index contributed by atoms with van der Waals surface area (Å²) >= 11 is 0. The molecule has 1 aliphatic rings. The predicted octanol–water partition coefficient (Wildman–Crippen LogP) is 2.65. The molecule has 3 rings (SSSR count). The van der Waals surface area contributed by atoms with Crippen molar-refractivity contribution in [3.05, 3.63) is 35.3 Å². The zero-order valence-electron chi connectivity index (χ0n) is 12.2. The molecule has 0 bridgehead atoms. The first-order valence-electron chi connectivity index (χ1n) is 7.42. The Hall–Kier alpha value is -1.62. The smallest absolute Gasteiger partial charge is 0.208 e. The molecule has 0 aliphatic carbocycles. The van der Waals surface area contributed by atoms with Crippen LogP contribution in [0.25, 0.3) is 0 Å². The quantitative estimate of drug-likeness (QED) is 0.931. The van der Waals surface area contributed by atoms with Gasteiger partial charge in [-0.1, -0.05) is 6.92 Å². The Balaban J connectivity index is 1.63. The number of piperidine rings is 1. The molecular formula is C15H22N4O. The van der Waals surface area contributed by atoms with Gasteiger partial charge in [0.05, 0.1) is 18.4 Å². The Morgan fingerprint density at radius 1 is 1.50 bits per heavy atom. The lowest BCUT2D eigenvalue weighted by Crippen LogP contribution is -2.34. The lowest BCUT2D eigenvalue weighted by atomic mass is 9.95. The molecule has 5 heteroatoms. The van der Waals surface area contributed by atoms with E-state index in [4.69, 9.17) is 4.42 Å². The van der Waals surface area contributed by atoms with Crippen LogP contribution in [0.15, 0.2) is 16.7 Å². The molecule has 1 aliphatic heterocycles. The highest BCUT2D eigenvalue weighted by Crippen LogP contribution is 2.26. The summed E-state index contributed by atoms with van der Waals surface area (Å²) in [5, 5.41) is 7.45. The van der Waals surface area contributed by atoms with Gasteiger partial charge in [-0.05, 0) is 32.4 Å². The number of nitrogens with zero attached hydrogens (tertiary/aromatic N) is 3. The van der Waals surface area contributed by atoms with E-state index in [-0.39, 0.29) is 0 Å². The van der Waals surface area contributed by atoms with Crippen molar-refractivity contribution in [2.75, 3.05) is 13.1 Å². The van der Waals surface area contributed by atoms with Crippen molar-refractivity contribution < 1.29 is 4.42 Å². The molecule has 1 N–H and O–H groups in total. The van der Waals surface area contributed by atoms with Gasteiger partial charge in [0.1, 0.15) is 5.76 Å². The molecule has 3 heterocycles. The van der Waals surface area contributed by atoms with Crippen LogP contribution in [0.1, 0.15) is 48.7 Å². The highest BCUT2D eigenvalue weighted by atomic mass is 16.4. The summed E-state index contributed by atoms with van der Waals surface area (Å²) in [7, 11) is 0. The average molecular weight is 274 g/mol. The van der Waals surface area contributed by atoms with E-state index in [1.165, 1.54) is 18.5 Å². The second kappa shape index (κ2) is 5.79. The van der Waals surface area contributed by atoms with Crippen molar-refractivity contribution in [2.24, 2.45) is 0 Å². The van der Waals surface area contributed by atoms with Gasteiger partial charge in [-0.25, -0.2) is 4.98 Å². The van der Waals surface area contributed by atoms with Crippen LogP contribution in [-0.2, 0) is 13.0 Å². The molecule has 2 aromatic rings. The lowest BCUT2D eigenvalue weighted by molar-refractivity contribution is 0.181. The Morgan fingerprint density at radius 3 is 3.10 bits per heavy atom. The number of aryl methyl sites for hydroxylation is 2. The number of oxazole rings is 1. The summed E-state index contributed by atoms with van der Waals surface area (Å²) in [6.07, 6.45) is 5.17. The maximum Gasteiger partial charge on any atom is 0.208 e. The first-order chi connectivity index (χ1) is 9.74. The largest absolute Gasteiger partial charge is 0.444 e. The van der Waals surface area contributed by atoms with Crippen LogP contribution in [0.3, 0.4) is 0 Å². The van der Waals surface area contributed by atoms with Gasteiger partial charge in [0.25, 0.3) is 0 Å². The molecule has 0 spiro atoms. The van der Waals surface area contributed by atoms with Gasteiger partial charge in [0.2, 0.25) is 5.89 Å². The average Bonchev–Trinajstić information content (AvgIpc) is 3.08. The van der Waals surface area contributed by atoms with Crippen LogP contribution in [0.2, 0.25) is 0 Å². The molecule has 2 aromatic heterocycles. The molecule has 0 saturated carbocycles. The second-order valence-electron chi connectivity index (χ2n) is 5.62. The topological polar surface area (TPSA) is 58.0 Å². The third kappa shape index (κ3) is 2.93. The van der Waals surface area contributed by atoms with Crippen LogP contribution in [0, 0.1) is 6.92 Å². The van der Waals surface area contributed by atoms with Crippen molar-refractivity contribution >= 4 is 0 Å². The van der Waals surface area contributed by atoms with Crippen LogP contribution >= 0.6 is 0 Å². The van der Waals surface area contributed by atoms with Crippen LogP contribution in [0.4, 0.5) is 0 Å².